The van der Waals surface area contributed by atoms with Gasteiger partial charge in [-0.25, -0.2) is 4.39 Å². The monoisotopic (exact) mass is 377 g/mol. The molecule has 3 rings (SSSR count). The third-order valence-electron chi connectivity index (χ3n) is 4.94. The van der Waals surface area contributed by atoms with E-state index in [1.807, 2.05) is 67.6 Å². The van der Waals surface area contributed by atoms with Crippen LogP contribution in [0.15, 0.2) is 83.9 Å². The van der Waals surface area contributed by atoms with Gasteiger partial charge in [0.25, 0.3) is 0 Å². The van der Waals surface area contributed by atoms with Crippen molar-refractivity contribution in [3.8, 4) is 5.75 Å². The fourth-order valence-electron chi connectivity index (χ4n) is 3.22. The quantitative estimate of drug-likeness (QED) is 0.593. The molecule has 0 aromatic heterocycles. The Bertz CT molecular complexity index is 884. The molecule has 3 aromatic rings. The summed E-state index contributed by atoms with van der Waals surface area (Å²) in [5.74, 6) is -1.13. The van der Waals surface area contributed by atoms with Crippen LogP contribution in [0.2, 0.25) is 0 Å². The van der Waals surface area contributed by atoms with Crippen LogP contribution >= 0.6 is 0 Å². The van der Waals surface area contributed by atoms with Crippen molar-refractivity contribution in [2.75, 3.05) is 0 Å². The third-order valence-corrected chi connectivity index (χ3v) is 4.94. The van der Waals surface area contributed by atoms with Crippen molar-refractivity contribution in [1.82, 2.24) is 0 Å². The van der Waals surface area contributed by atoms with Crippen molar-refractivity contribution in [1.29, 1.82) is 0 Å². The van der Waals surface area contributed by atoms with Crippen LogP contribution in [0.1, 0.15) is 23.6 Å². The summed E-state index contributed by atoms with van der Waals surface area (Å²) in [6, 6.07) is 23.4. The SMILES string of the molecule is CC(N=Cc1cccc(F)c1O)C(O)(Cc1ccccc1)Cc1ccccc1. The highest BCUT2D eigenvalue weighted by Crippen LogP contribution is 2.26. The van der Waals surface area contributed by atoms with Crippen LogP contribution < -0.4 is 0 Å². The first-order chi connectivity index (χ1) is 13.5. The molecule has 0 bridgehead atoms. The van der Waals surface area contributed by atoms with Crippen LogP contribution in [0, 0.1) is 5.82 Å². The summed E-state index contributed by atoms with van der Waals surface area (Å²) in [4.78, 5) is 4.46. The molecular weight excluding hydrogens is 353 g/mol. The van der Waals surface area contributed by atoms with Crippen molar-refractivity contribution < 1.29 is 14.6 Å². The summed E-state index contributed by atoms with van der Waals surface area (Å²) in [5, 5.41) is 21.4. The maximum absolute atomic E-state index is 13.6. The van der Waals surface area contributed by atoms with E-state index in [-0.39, 0.29) is 5.56 Å². The predicted molar refractivity (Wildman–Crippen MR) is 110 cm³/mol. The van der Waals surface area contributed by atoms with Crippen LogP contribution in [0.25, 0.3) is 0 Å². The van der Waals surface area contributed by atoms with E-state index in [9.17, 15) is 14.6 Å². The van der Waals surface area contributed by atoms with Crippen molar-refractivity contribution in [2.45, 2.75) is 31.4 Å². The van der Waals surface area contributed by atoms with Gasteiger partial charge in [0.1, 0.15) is 0 Å². The molecule has 1 unspecified atom stereocenters. The molecule has 4 heteroatoms. The van der Waals surface area contributed by atoms with Gasteiger partial charge in [-0.2, -0.15) is 0 Å². The van der Waals surface area contributed by atoms with Crippen LogP contribution in [0.5, 0.6) is 5.75 Å². The van der Waals surface area contributed by atoms with Crippen molar-refractivity contribution in [3.63, 3.8) is 0 Å². The van der Waals surface area contributed by atoms with Crippen molar-refractivity contribution in [2.24, 2.45) is 4.99 Å². The fraction of sp³-hybridized carbons (Fsp3) is 0.208. The van der Waals surface area contributed by atoms with Gasteiger partial charge in [-0.1, -0.05) is 66.7 Å². The molecule has 3 nitrogen and oxygen atoms in total. The molecule has 0 aliphatic rings. The van der Waals surface area contributed by atoms with Gasteiger partial charge >= 0.3 is 0 Å². The molecule has 0 aliphatic heterocycles. The summed E-state index contributed by atoms with van der Waals surface area (Å²) in [6.45, 7) is 1.83. The smallest absolute Gasteiger partial charge is 0.165 e. The molecule has 0 aliphatic carbocycles. The first-order valence-electron chi connectivity index (χ1n) is 9.29. The van der Waals surface area contributed by atoms with E-state index in [0.29, 0.717) is 12.8 Å². The first-order valence-corrected chi connectivity index (χ1v) is 9.29. The number of phenolic OH excluding ortho intramolecular Hbond substituents is 1. The van der Waals surface area contributed by atoms with Gasteiger partial charge in [-0.3, -0.25) is 4.99 Å². The lowest BCUT2D eigenvalue weighted by molar-refractivity contribution is 0.0209. The molecular formula is C24H24FNO2. The molecule has 2 N–H and O–H groups in total. The maximum atomic E-state index is 13.6. The lowest BCUT2D eigenvalue weighted by atomic mass is 9.83. The van der Waals surface area contributed by atoms with Crippen molar-refractivity contribution in [3.05, 3.63) is 101 Å². The van der Waals surface area contributed by atoms with Gasteiger partial charge in [-0.15, -0.1) is 0 Å². The van der Waals surface area contributed by atoms with Gasteiger partial charge in [0.15, 0.2) is 11.6 Å². The van der Waals surface area contributed by atoms with Gasteiger partial charge in [-0.05, 0) is 30.2 Å². The molecule has 1 atom stereocenters. The number of aromatic hydroxyl groups is 1. The number of benzene rings is 3. The lowest BCUT2D eigenvalue weighted by Gasteiger charge is -2.32. The summed E-state index contributed by atoms with van der Waals surface area (Å²) in [5.41, 5.74) is 1.17. The Labute approximate surface area is 164 Å². The van der Waals surface area contributed by atoms with Crippen molar-refractivity contribution >= 4 is 6.21 Å². The zero-order chi connectivity index (χ0) is 20.0. The summed E-state index contributed by atoms with van der Waals surface area (Å²) < 4.78 is 13.6. The van der Waals surface area contributed by atoms with E-state index in [2.05, 4.69) is 4.99 Å². The Morgan fingerprint density at radius 2 is 1.43 bits per heavy atom. The molecule has 0 saturated heterocycles. The van der Waals surface area contributed by atoms with E-state index in [1.165, 1.54) is 18.3 Å². The Hall–Kier alpha value is -2.98. The number of aliphatic hydroxyl groups is 1. The zero-order valence-corrected chi connectivity index (χ0v) is 15.8. The molecule has 3 aromatic carbocycles. The molecule has 28 heavy (non-hydrogen) atoms. The highest BCUT2D eigenvalue weighted by atomic mass is 19.1. The molecule has 0 saturated carbocycles. The van der Waals surface area contributed by atoms with Crippen LogP contribution in [0.3, 0.4) is 0 Å². The van der Waals surface area contributed by atoms with E-state index in [1.54, 1.807) is 6.07 Å². The standard InChI is InChI=1S/C24H24FNO2/c1-18(26-17-21-13-8-14-22(25)23(21)27)24(28,15-19-9-4-2-5-10-19)16-20-11-6-3-7-12-20/h2-14,17-18,27-28H,15-16H2,1H3. The van der Waals surface area contributed by atoms with Gasteiger partial charge in [0.05, 0.1) is 11.6 Å². The number of hydrogen-bond donors (Lipinski definition) is 2. The van der Waals surface area contributed by atoms with Crippen LogP contribution in [-0.2, 0) is 12.8 Å². The normalized spacial score (nSPS) is 13.0. The van der Waals surface area contributed by atoms with E-state index in [0.717, 1.165) is 11.1 Å². The second-order valence-electron chi connectivity index (χ2n) is 7.06. The fourth-order valence-corrected chi connectivity index (χ4v) is 3.22. The van der Waals surface area contributed by atoms with Crippen LogP contribution in [0.4, 0.5) is 4.39 Å². The molecule has 0 amide bonds. The number of hydrogen-bond acceptors (Lipinski definition) is 3. The van der Waals surface area contributed by atoms with Gasteiger partial charge in [0, 0.05) is 24.6 Å². The molecule has 0 spiro atoms. The minimum absolute atomic E-state index is 0.286. The summed E-state index contributed by atoms with van der Waals surface area (Å²) >= 11 is 0. The van der Waals surface area contributed by atoms with Gasteiger partial charge in [0.2, 0.25) is 0 Å². The lowest BCUT2D eigenvalue weighted by Crippen LogP contribution is -2.44. The molecule has 0 radical (unpaired) electrons. The molecule has 0 heterocycles. The maximum Gasteiger partial charge on any atom is 0.165 e. The minimum atomic E-state index is -1.14. The first kappa shape index (κ1) is 19.8. The topological polar surface area (TPSA) is 52.8 Å². The second-order valence-corrected chi connectivity index (χ2v) is 7.06. The number of rotatable bonds is 7. The van der Waals surface area contributed by atoms with Gasteiger partial charge < -0.3 is 10.2 Å². The van der Waals surface area contributed by atoms with E-state index < -0.39 is 23.2 Å². The Kier molecular flexibility index (Phi) is 6.22. The Morgan fingerprint density at radius 3 is 1.96 bits per heavy atom. The number of para-hydroxylation sites is 1. The average molecular weight is 377 g/mol. The van der Waals surface area contributed by atoms with Crippen LogP contribution in [-0.4, -0.2) is 28.1 Å². The second kappa shape index (κ2) is 8.81. The highest BCUT2D eigenvalue weighted by Gasteiger charge is 2.34. The number of halogens is 1. The summed E-state index contributed by atoms with van der Waals surface area (Å²) in [7, 11) is 0. The Morgan fingerprint density at radius 1 is 0.893 bits per heavy atom. The zero-order valence-electron chi connectivity index (χ0n) is 15.8. The largest absolute Gasteiger partial charge is 0.504 e. The van der Waals surface area contributed by atoms with E-state index >= 15 is 0 Å². The average Bonchev–Trinajstić information content (AvgIpc) is 2.70. The Balaban J connectivity index is 1.88. The third kappa shape index (κ3) is 4.84. The molecule has 0 fully saturated rings. The number of nitrogens with zero attached hydrogens (tertiary/aromatic N) is 1. The number of aliphatic imine (C=N–C) groups is 1. The predicted octanol–water partition coefficient (Wildman–Crippen LogP) is 4.56. The molecule has 144 valence electrons. The summed E-state index contributed by atoms with van der Waals surface area (Å²) in [6.07, 6.45) is 2.27. The minimum Gasteiger partial charge on any atom is -0.504 e. The number of phenols is 1. The highest BCUT2D eigenvalue weighted by molar-refractivity contribution is 5.83. The van der Waals surface area contributed by atoms with E-state index in [4.69, 9.17) is 0 Å².